The van der Waals surface area contributed by atoms with Gasteiger partial charge in [0.1, 0.15) is 0 Å². The van der Waals surface area contributed by atoms with Gasteiger partial charge in [0.25, 0.3) is 0 Å². The summed E-state index contributed by atoms with van der Waals surface area (Å²) < 4.78 is 0. The molecule has 0 radical (unpaired) electrons. The Balaban J connectivity index is 2.01. The van der Waals surface area contributed by atoms with E-state index in [2.05, 4.69) is 16.8 Å². The van der Waals surface area contributed by atoms with Crippen LogP contribution in [0.15, 0.2) is 0 Å². The molecule has 3 nitrogen and oxygen atoms in total. The first-order valence-electron chi connectivity index (χ1n) is 4.84. The van der Waals surface area contributed by atoms with Gasteiger partial charge in [0.2, 0.25) is 0 Å². The van der Waals surface area contributed by atoms with Crippen molar-refractivity contribution in [3.63, 3.8) is 0 Å². The first kappa shape index (κ1) is 9.96. The highest BCUT2D eigenvalue weighted by molar-refractivity contribution is 4.68. The number of hydrogen-bond acceptors (Lipinski definition) is 3. The van der Waals surface area contributed by atoms with Crippen molar-refractivity contribution >= 4 is 0 Å². The number of nitrogens with zero attached hydrogens (tertiary/aromatic N) is 2. The SMILES string of the molecule is CN1CCN(CCCCO)CC1. The summed E-state index contributed by atoms with van der Waals surface area (Å²) in [7, 11) is 2.17. The number of likely N-dealkylation sites (N-methyl/N-ethyl adjacent to an activating group) is 1. The van der Waals surface area contributed by atoms with Crippen LogP contribution in [0.1, 0.15) is 12.8 Å². The molecule has 0 aromatic heterocycles. The average Bonchev–Trinajstić information content (AvgIpc) is 2.09. The molecule has 1 aliphatic rings. The number of rotatable bonds is 4. The third-order valence-corrected chi connectivity index (χ3v) is 2.48. The molecule has 0 bridgehead atoms. The van der Waals surface area contributed by atoms with Gasteiger partial charge in [-0.15, -0.1) is 0 Å². The molecule has 1 rings (SSSR count). The highest BCUT2D eigenvalue weighted by atomic mass is 16.2. The number of hydrogen-bond donors (Lipinski definition) is 1. The van der Waals surface area contributed by atoms with E-state index in [1.165, 1.54) is 26.2 Å². The predicted molar refractivity (Wildman–Crippen MR) is 50.3 cm³/mol. The molecule has 1 fully saturated rings. The van der Waals surface area contributed by atoms with Gasteiger partial charge in [-0.25, -0.2) is 0 Å². The molecule has 1 saturated heterocycles. The lowest BCUT2D eigenvalue weighted by Gasteiger charge is -2.32. The summed E-state index contributed by atoms with van der Waals surface area (Å²) in [5, 5.41) is 8.61. The van der Waals surface area contributed by atoms with Crippen molar-refractivity contribution in [2.24, 2.45) is 0 Å². The average molecular weight is 172 g/mol. The first-order valence-corrected chi connectivity index (χ1v) is 4.84. The van der Waals surface area contributed by atoms with Crippen LogP contribution in [0.5, 0.6) is 0 Å². The van der Waals surface area contributed by atoms with Crippen LogP contribution < -0.4 is 0 Å². The van der Waals surface area contributed by atoms with E-state index in [0.29, 0.717) is 6.61 Å². The van der Waals surface area contributed by atoms with Gasteiger partial charge >= 0.3 is 0 Å². The van der Waals surface area contributed by atoms with E-state index in [4.69, 9.17) is 5.11 Å². The Morgan fingerprint density at radius 1 is 1.08 bits per heavy atom. The van der Waals surface area contributed by atoms with Crippen LogP contribution in [0.2, 0.25) is 0 Å². The number of piperazine rings is 1. The minimum absolute atomic E-state index is 0.341. The zero-order valence-corrected chi connectivity index (χ0v) is 8.00. The lowest BCUT2D eigenvalue weighted by Crippen LogP contribution is -2.44. The number of unbranched alkanes of at least 4 members (excludes halogenated alkanes) is 1. The van der Waals surface area contributed by atoms with E-state index in [1.54, 1.807) is 0 Å². The van der Waals surface area contributed by atoms with E-state index < -0.39 is 0 Å². The minimum atomic E-state index is 0.341. The normalized spacial score (nSPS) is 21.5. The second-order valence-electron chi connectivity index (χ2n) is 3.58. The van der Waals surface area contributed by atoms with Gasteiger partial charge in [-0.1, -0.05) is 0 Å². The monoisotopic (exact) mass is 172 g/mol. The summed E-state index contributed by atoms with van der Waals surface area (Å²) in [6.07, 6.45) is 2.09. The summed E-state index contributed by atoms with van der Waals surface area (Å²) in [4.78, 5) is 4.85. The molecule has 0 aliphatic carbocycles. The lowest BCUT2D eigenvalue weighted by atomic mass is 10.2. The van der Waals surface area contributed by atoms with Crippen LogP contribution in [-0.4, -0.2) is 61.3 Å². The van der Waals surface area contributed by atoms with Crippen LogP contribution in [0.4, 0.5) is 0 Å². The summed E-state index contributed by atoms with van der Waals surface area (Å²) in [6.45, 7) is 6.28. The van der Waals surface area contributed by atoms with Crippen molar-refractivity contribution in [2.45, 2.75) is 12.8 Å². The largest absolute Gasteiger partial charge is 0.396 e. The van der Waals surface area contributed by atoms with Gasteiger partial charge in [0.05, 0.1) is 0 Å². The van der Waals surface area contributed by atoms with Crippen molar-refractivity contribution in [1.82, 2.24) is 9.80 Å². The molecule has 1 N–H and O–H groups in total. The molecular formula is C9H20N2O. The topological polar surface area (TPSA) is 26.7 Å². The number of aliphatic hydroxyl groups excluding tert-OH is 1. The molecule has 0 amide bonds. The van der Waals surface area contributed by atoms with Crippen molar-refractivity contribution < 1.29 is 5.11 Å². The third kappa shape index (κ3) is 3.52. The molecule has 0 aromatic carbocycles. The van der Waals surface area contributed by atoms with Crippen LogP contribution >= 0.6 is 0 Å². The molecular weight excluding hydrogens is 152 g/mol. The van der Waals surface area contributed by atoms with Crippen LogP contribution in [0, 0.1) is 0 Å². The fraction of sp³-hybridized carbons (Fsp3) is 1.00. The Morgan fingerprint density at radius 3 is 2.33 bits per heavy atom. The van der Waals surface area contributed by atoms with E-state index in [-0.39, 0.29) is 0 Å². The van der Waals surface area contributed by atoms with Crippen molar-refractivity contribution in [3.05, 3.63) is 0 Å². The maximum atomic E-state index is 8.61. The standard InChI is InChI=1S/C9H20N2O/c1-10-5-7-11(8-6-10)4-2-3-9-12/h12H,2-9H2,1H3. The number of aliphatic hydroxyl groups is 1. The van der Waals surface area contributed by atoms with Crippen molar-refractivity contribution in [2.75, 3.05) is 46.4 Å². The van der Waals surface area contributed by atoms with E-state index in [1.807, 2.05) is 0 Å². The van der Waals surface area contributed by atoms with Crippen molar-refractivity contribution in [1.29, 1.82) is 0 Å². The van der Waals surface area contributed by atoms with Gasteiger partial charge in [0, 0.05) is 32.8 Å². The predicted octanol–water partition coefficient (Wildman–Crippen LogP) is 0.00630. The Labute approximate surface area is 75.0 Å². The van der Waals surface area contributed by atoms with Crippen LogP contribution in [0.3, 0.4) is 0 Å². The fourth-order valence-electron chi connectivity index (χ4n) is 1.52. The maximum absolute atomic E-state index is 8.61. The molecule has 0 saturated carbocycles. The molecule has 1 heterocycles. The molecule has 12 heavy (non-hydrogen) atoms. The van der Waals surface area contributed by atoms with Gasteiger partial charge in [0.15, 0.2) is 0 Å². The Bertz CT molecular complexity index is 111. The van der Waals surface area contributed by atoms with Gasteiger partial charge < -0.3 is 14.9 Å². The molecule has 0 unspecified atom stereocenters. The molecule has 0 aromatic rings. The molecule has 0 spiro atoms. The zero-order chi connectivity index (χ0) is 8.81. The van der Waals surface area contributed by atoms with Gasteiger partial charge in [-0.3, -0.25) is 0 Å². The third-order valence-electron chi connectivity index (χ3n) is 2.48. The second kappa shape index (κ2) is 5.51. The summed E-state index contributed by atoms with van der Waals surface area (Å²) in [5.41, 5.74) is 0. The van der Waals surface area contributed by atoms with Crippen LogP contribution in [0.25, 0.3) is 0 Å². The Hall–Kier alpha value is -0.120. The van der Waals surface area contributed by atoms with Crippen molar-refractivity contribution in [3.8, 4) is 0 Å². The Kier molecular flexibility index (Phi) is 4.58. The molecule has 1 aliphatic heterocycles. The van der Waals surface area contributed by atoms with Gasteiger partial charge in [-0.2, -0.15) is 0 Å². The summed E-state index contributed by atoms with van der Waals surface area (Å²) in [5.74, 6) is 0. The quantitative estimate of drug-likeness (QED) is 0.605. The van der Waals surface area contributed by atoms with E-state index in [9.17, 15) is 0 Å². The second-order valence-corrected chi connectivity index (χ2v) is 3.58. The van der Waals surface area contributed by atoms with E-state index in [0.717, 1.165) is 19.4 Å². The Morgan fingerprint density at radius 2 is 1.75 bits per heavy atom. The minimum Gasteiger partial charge on any atom is -0.396 e. The molecule has 3 heteroatoms. The highest BCUT2D eigenvalue weighted by Gasteiger charge is 2.12. The van der Waals surface area contributed by atoms with E-state index >= 15 is 0 Å². The highest BCUT2D eigenvalue weighted by Crippen LogP contribution is 2.00. The molecule has 72 valence electrons. The summed E-state index contributed by atoms with van der Waals surface area (Å²) >= 11 is 0. The lowest BCUT2D eigenvalue weighted by molar-refractivity contribution is 0.149. The maximum Gasteiger partial charge on any atom is 0.0431 e. The fourth-order valence-corrected chi connectivity index (χ4v) is 1.52. The summed E-state index contributed by atoms with van der Waals surface area (Å²) in [6, 6.07) is 0. The zero-order valence-electron chi connectivity index (χ0n) is 8.00. The molecule has 0 atom stereocenters. The smallest absolute Gasteiger partial charge is 0.0431 e. The van der Waals surface area contributed by atoms with Crippen LogP contribution in [-0.2, 0) is 0 Å². The first-order chi connectivity index (χ1) is 5.83. The van der Waals surface area contributed by atoms with Gasteiger partial charge in [-0.05, 0) is 26.4 Å².